The summed E-state index contributed by atoms with van der Waals surface area (Å²) in [6.07, 6.45) is 15.1. The second-order valence-corrected chi connectivity index (χ2v) is 18.4. The van der Waals surface area contributed by atoms with Gasteiger partial charge >= 0.3 is 19.8 Å². The number of allylic oxidation sites excluding steroid dienone is 10. The Hall–Kier alpha value is -3.12. The van der Waals surface area contributed by atoms with E-state index in [0.717, 1.165) is 44.6 Å². The van der Waals surface area contributed by atoms with Crippen molar-refractivity contribution < 1.29 is 78.1 Å². The van der Waals surface area contributed by atoms with Gasteiger partial charge in [0.1, 0.15) is 36.8 Å². The molecule has 8 N–H and O–H groups in total. The van der Waals surface area contributed by atoms with Gasteiger partial charge in [-0.05, 0) is 70.6 Å². The molecule has 1 unspecified atom stereocenters. The van der Waals surface area contributed by atoms with Crippen LogP contribution in [0.15, 0.2) is 72.9 Å². The van der Waals surface area contributed by atoms with Gasteiger partial charge in [-0.2, -0.15) is 0 Å². The molecule has 12 atom stereocenters. The molecule has 1 aliphatic heterocycles. The zero-order valence-corrected chi connectivity index (χ0v) is 39.8. The van der Waals surface area contributed by atoms with Gasteiger partial charge in [0, 0.05) is 25.2 Å². The summed E-state index contributed by atoms with van der Waals surface area (Å²) in [5, 5.41) is 78.3. The minimum atomic E-state index is -5.47. The van der Waals surface area contributed by atoms with Crippen LogP contribution >= 0.6 is 7.82 Å². The molecular weight excluding hydrogens is 875 g/mol. The van der Waals surface area contributed by atoms with E-state index < -0.39 is 112 Å². The molecule has 0 amide bonds. The standard InChI is InChI=1S/C49H79O16P/c1-3-5-7-8-9-10-11-12-13-14-15-16-17-18-19-20-25-29-42(53)62-34-37-35-63-66(60,61)65-49-47(58)45(56)39(32-31-36(50)27-23-6-4-2)41(52)33-40(51)38(44(55)46(57)48(49)59)28-24-21-22-26-30-43(54)64-37/h9-10,12-13,15-16,18-19,21,24,31-32,36-40,44-51,55-59H,3-8,11,14,17,20,22-23,25-30,33-35H2,1-2H3,(H,60,61)/b10-9-,13-12-,16-15-,19-18-,24-21-,32-31+/t36-,37+,38-,39-,40-,44+,45+,46-,47+,48+,49+/m0/s1. The number of aliphatic hydroxyl groups excluding tert-OH is 7. The molecule has 0 radical (unpaired) electrons. The fraction of sp³-hybridized carbons (Fsp3) is 0.694. The first-order valence-corrected chi connectivity index (χ1v) is 25.3. The zero-order valence-electron chi connectivity index (χ0n) is 38.9. The van der Waals surface area contributed by atoms with Gasteiger partial charge in [-0.1, -0.05) is 119 Å². The molecule has 0 aromatic heterocycles. The summed E-state index contributed by atoms with van der Waals surface area (Å²) in [5.41, 5.74) is 0. The predicted octanol–water partition coefficient (Wildman–Crippen LogP) is 6.09. The Labute approximate surface area is 391 Å². The number of ether oxygens (including phenoxy) is 2. The summed E-state index contributed by atoms with van der Waals surface area (Å²) in [7, 11) is -5.47. The SMILES string of the molecule is CCCCC/C=C\C/C=C\C/C=C\C/C=C\CCCC(=O)OC[C@@H]1COP(=O)(O)O[C@H]2[C@H](O)[C@@H](O)[C@H](O)[C@@H](C/C=C\CCCC(=O)O1)[C@@H](O)CC(=O)[C@H](/C=C/[C@@H](O)CCCCC)[C@@H](O)[C@H]2O. The van der Waals surface area contributed by atoms with Gasteiger partial charge in [0.25, 0.3) is 0 Å². The lowest BCUT2D eigenvalue weighted by molar-refractivity contribution is -0.166. The van der Waals surface area contributed by atoms with Crippen LogP contribution in [0.4, 0.5) is 0 Å². The molecule has 1 fully saturated rings. The molecule has 0 aromatic rings. The average molecular weight is 955 g/mol. The highest BCUT2D eigenvalue weighted by Crippen LogP contribution is 2.47. The van der Waals surface area contributed by atoms with Gasteiger partial charge in [-0.15, -0.1) is 0 Å². The van der Waals surface area contributed by atoms with E-state index in [2.05, 4.69) is 43.4 Å². The van der Waals surface area contributed by atoms with Crippen molar-refractivity contribution in [1.82, 2.24) is 0 Å². The molecule has 2 rings (SSSR count). The average Bonchev–Trinajstić information content (AvgIpc) is 3.28. The maximum absolute atomic E-state index is 13.7. The number of carbonyl (C=O) groups excluding carboxylic acids is 3. The Morgan fingerprint density at radius 3 is 2.06 bits per heavy atom. The molecule has 376 valence electrons. The van der Waals surface area contributed by atoms with Gasteiger partial charge in [-0.3, -0.25) is 23.4 Å². The summed E-state index contributed by atoms with van der Waals surface area (Å²) in [6.45, 7) is 2.71. The lowest BCUT2D eigenvalue weighted by atomic mass is 9.83. The molecule has 0 saturated heterocycles. The van der Waals surface area contributed by atoms with Crippen LogP contribution in [-0.2, 0) is 37.5 Å². The number of phosphoric ester groups is 1. The molecule has 16 nitrogen and oxygen atoms in total. The van der Waals surface area contributed by atoms with Crippen LogP contribution in [0, 0.1) is 11.8 Å². The number of aliphatic hydroxyl groups is 7. The number of rotatable bonds is 22. The van der Waals surface area contributed by atoms with Gasteiger partial charge in [-0.25, -0.2) is 4.57 Å². The van der Waals surface area contributed by atoms with Crippen LogP contribution in [0.1, 0.15) is 136 Å². The van der Waals surface area contributed by atoms with Crippen molar-refractivity contribution in [2.45, 2.75) is 191 Å². The Morgan fingerprint density at radius 2 is 1.41 bits per heavy atom. The molecule has 2 bridgehead atoms. The van der Waals surface area contributed by atoms with E-state index in [0.29, 0.717) is 32.1 Å². The third kappa shape index (κ3) is 24.2. The topological polar surface area (TPSA) is 267 Å². The molecule has 66 heavy (non-hydrogen) atoms. The van der Waals surface area contributed by atoms with Gasteiger partial charge in [0.15, 0.2) is 6.10 Å². The molecule has 1 saturated carbocycles. The van der Waals surface area contributed by atoms with E-state index in [1.54, 1.807) is 6.08 Å². The van der Waals surface area contributed by atoms with Crippen LogP contribution in [0.3, 0.4) is 0 Å². The molecule has 0 spiro atoms. The van der Waals surface area contributed by atoms with Crippen molar-refractivity contribution in [3.63, 3.8) is 0 Å². The van der Waals surface area contributed by atoms with Crippen LogP contribution < -0.4 is 0 Å². The third-order valence-corrected chi connectivity index (χ3v) is 12.4. The molecule has 2 aliphatic rings. The number of esters is 2. The largest absolute Gasteiger partial charge is 0.472 e. The van der Waals surface area contributed by atoms with Crippen molar-refractivity contribution in [3.8, 4) is 0 Å². The third-order valence-electron chi connectivity index (χ3n) is 11.4. The first-order valence-electron chi connectivity index (χ1n) is 23.8. The number of hydrogen-bond acceptors (Lipinski definition) is 15. The summed E-state index contributed by atoms with van der Waals surface area (Å²) >= 11 is 0. The number of hydrogen-bond donors (Lipinski definition) is 8. The number of unbranched alkanes of at least 4 members (excludes halogenated alkanes) is 6. The molecule has 1 aliphatic carbocycles. The highest BCUT2D eigenvalue weighted by atomic mass is 31.2. The zero-order chi connectivity index (χ0) is 48.7. The summed E-state index contributed by atoms with van der Waals surface area (Å²) in [6, 6.07) is 0. The fourth-order valence-corrected chi connectivity index (χ4v) is 8.37. The van der Waals surface area contributed by atoms with Gasteiger partial charge in [0.2, 0.25) is 0 Å². The lowest BCUT2D eigenvalue weighted by Gasteiger charge is -2.36. The van der Waals surface area contributed by atoms with Crippen LogP contribution in [0.25, 0.3) is 0 Å². The normalized spacial score (nSPS) is 31.4. The Bertz CT molecular complexity index is 1610. The minimum Gasteiger partial charge on any atom is -0.462 e. The second-order valence-electron chi connectivity index (χ2n) is 17.0. The van der Waals surface area contributed by atoms with Crippen molar-refractivity contribution >= 4 is 25.5 Å². The number of cyclic esters (lactones) is 1. The van der Waals surface area contributed by atoms with E-state index in [4.69, 9.17) is 18.5 Å². The maximum atomic E-state index is 13.7. The molecule has 17 heteroatoms. The predicted molar refractivity (Wildman–Crippen MR) is 249 cm³/mol. The molecular formula is C49H79O16P. The van der Waals surface area contributed by atoms with Crippen molar-refractivity contribution in [3.05, 3.63) is 72.9 Å². The fourth-order valence-electron chi connectivity index (χ4n) is 7.40. The summed E-state index contributed by atoms with van der Waals surface area (Å²) < 4.78 is 34.5. The quantitative estimate of drug-likeness (QED) is 0.0264. The van der Waals surface area contributed by atoms with E-state index in [-0.39, 0.29) is 25.7 Å². The number of fused-ring (bicyclic) bond motifs is 4. The van der Waals surface area contributed by atoms with Gasteiger partial charge < -0.3 is 50.1 Å². The van der Waals surface area contributed by atoms with Gasteiger partial charge in [0.05, 0.1) is 36.9 Å². The number of carbonyl (C=O) groups is 3. The highest BCUT2D eigenvalue weighted by Gasteiger charge is 2.49. The number of ketones is 1. The monoisotopic (exact) mass is 955 g/mol. The first-order chi connectivity index (χ1) is 31.6. The van der Waals surface area contributed by atoms with Crippen LogP contribution in [-0.4, -0.2) is 127 Å². The van der Waals surface area contributed by atoms with Crippen molar-refractivity contribution in [2.24, 2.45) is 11.8 Å². The van der Waals surface area contributed by atoms with Crippen molar-refractivity contribution in [2.75, 3.05) is 13.2 Å². The van der Waals surface area contributed by atoms with Crippen LogP contribution in [0.5, 0.6) is 0 Å². The number of phosphoric acid groups is 1. The summed E-state index contributed by atoms with van der Waals surface area (Å²) in [5.74, 6) is -5.22. The minimum absolute atomic E-state index is 0.0236. The Kier molecular flexibility index (Phi) is 30.6. The van der Waals surface area contributed by atoms with E-state index in [1.807, 2.05) is 19.1 Å². The summed E-state index contributed by atoms with van der Waals surface area (Å²) in [4.78, 5) is 50.0. The lowest BCUT2D eigenvalue weighted by Crippen LogP contribution is -2.55. The molecule has 1 heterocycles. The van der Waals surface area contributed by atoms with E-state index in [1.165, 1.54) is 31.4 Å². The second kappa shape index (κ2) is 34.2. The van der Waals surface area contributed by atoms with E-state index in [9.17, 15) is 59.6 Å². The smallest absolute Gasteiger partial charge is 0.462 e. The highest BCUT2D eigenvalue weighted by molar-refractivity contribution is 7.47. The first kappa shape index (κ1) is 59.0. The van der Waals surface area contributed by atoms with E-state index >= 15 is 0 Å². The maximum Gasteiger partial charge on any atom is 0.472 e. The van der Waals surface area contributed by atoms with Crippen LogP contribution in [0.2, 0.25) is 0 Å². The van der Waals surface area contributed by atoms with Crippen molar-refractivity contribution in [1.29, 1.82) is 0 Å². The number of Topliss-reactive ketones (excluding diaryl/α,β-unsaturated/α-hetero) is 1. The Balaban J connectivity index is 2.15. The Morgan fingerprint density at radius 1 is 0.803 bits per heavy atom. The molecule has 0 aromatic carbocycles.